The van der Waals surface area contributed by atoms with Gasteiger partial charge in [-0.3, -0.25) is 0 Å². The molecule has 0 aromatic carbocycles. The third-order valence-electron chi connectivity index (χ3n) is 2.68. The van der Waals surface area contributed by atoms with E-state index in [-0.39, 0.29) is 0 Å². The van der Waals surface area contributed by atoms with Gasteiger partial charge in [-0.2, -0.15) is 0 Å². The lowest BCUT2D eigenvalue weighted by molar-refractivity contribution is 0.228. The molecular weight excluding hydrogens is 176 g/mol. The van der Waals surface area contributed by atoms with Crippen molar-refractivity contribution >= 4 is 0 Å². The van der Waals surface area contributed by atoms with Gasteiger partial charge in [0.15, 0.2) is 0 Å². The van der Waals surface area contributed by atoms with Crippen LogP contribution in [0.4, 0.5) is 0 Å². The van der Waals surface area contributed by atoms with E-state index in [1.807, 2.05) is 10.9 Å². The number of terminal acetylenes is 1. The summed E-state index contributed by atoms with van der Waals surface area (Å²) >= 11 is 0. The zero-order valence-electron chi connectivity index (χ0n) is 8.06. The van der Waals surface area contributed by atoms with Gasteiger partial charge in [-0.05, 0) is 19.4 Å². The summed E-state index contributed by atoms with van der Waals surface area (Å²) in [7, 11) is 0. The van der Waals surface area contributed by atoms with Crippen LogP contribution in [0.25, 0.3) is 0 Å². The van der Waals surface area contributed by atoms with Crippen LogP contribution >= 0.6 is 0 Å². The quantitative estimate of drug-likeness (QED) is 0.700. The van der Waals surface area contributed by atoms with Gasteiger partial charge in [-0.1, -0.05) is 5.21 Å². The van der Waals surface area contributed by atoms with Gasteiger partial charge in [0.25, 0.3) is 0 Å². The summed E-state index contributed by atoms with van der Waals surface area (Å²) in [6, 6.07) is 0.454. The van der Waals surface area contributed by atoms with Crippen LogP contribution < -0.4 is 5.73 Å². The first-order valence-corrected chi connectivity index (χ1v) is 4.90. The van der Waals surface area contributed by atoms with E-state index in [4.69, 9.17) is 12.2 Å². The summed E-state index contributed by atoms with van der Waals surface area (Å²) in [5.74, 6) is 3.18. The van der Waals surface area contributed by atoms with Gasteiger partial charge < -0.3 is 5.73 Å². The van der Waals surface area contributed by atoms with Gasteiger partial charge in [0.1, 0.15) is 0 Å². The molecule has 1 saturated carbocycles. The predicted molar refractivity (Wildman–Crippen MR) is 53.4 cm³/mol. The molecule has 1 aromatic heterocycles. The molecule has 74 valence electrons. The zero-order valence-corrected chi connectivity index (χ0v) is 8.06. The molecule has 4 nitrogen and oxygen atoms in total. The van der Waals surface area contributed by atoms with Gasteiger partial charge in [-0.25, -0.2) is 4.68 Å². The maximum atomic E-state index is 5.43. The maximum absolute atomic E-state index is 5.43. The highest BCUT2D eigenvalue weighted by Gasteiger charge is 2.29. The summed E-state index contributed by atoms with van der Waals surface area (Å²) in [4.78, 5) is 0. The average molecular weight is 190 g/mol. The maximum Gasteiger partial charge on any atom is 0.0839 e. The smallest absolute Gasteiger partial charge is 0.0839 e. The Hall–Kier alpha value is -1.34. The van der Waals surface area contributed by atoms with Crippen LogP contribution in [-0.4, -0.2) is 21.5 Å². The van der Waals surface area contributed by atoms with Crippen molar-refractivity contribution in [2.45, 2.75) is 25.3 Å². The minimum absolute atomic E-state index is 0.433. The van der Waals surface area contributed by atoms with Gasteiger partial charge in [0, 0.05) is 18.5 Å². The number of nitrogens with two attached hydrogens (primary N) is 1. The van der Waals surface area contributed by atoms with Crippen molar-refractivity contribution in [3.8, 4) is 12.3 Å². The first-order chi connectivity index (χ1) is 6.83. The zero-order chi connectivity index (χ0) is 9.97. The van der Waals surface area contributed by atoms with Gasteiger partial charge in [-0.15, -0.1) is 17.4 Å². The van der Waals surface area contributed by atoms with Crippen LogP contribution in [0.1, 0.15) is 24.6 Å². The molecule has 2 N–H and O–H groups in total. The van der Waals surface area contributed by atoms with Gasteiger partial charge in [0.2, 0.25) is 0 Å². The van der Waals surface area contributed by atoms with Crippen LogP contribution in [0.15, 0.2) is 6.20 Å². The molecule has 1 aliphatic carbocycles. The summed E-state index contributed by atoms with van der Waals surface area (Å²) in [5.41, 5.74) is 6.40. The molecule has 0 amide bonds. The van der Waals surface area contributed by atoms with Crippen molar-refractivity contribution in [3.63, 3.8) is 0 Å². The highest BCUT2D eigenvalue weighted by molar-refractivity contribution is 5.03. The Morgan fingerprint density at radius 1 is 1.64 bits per heavy atom. The summed E-state index contributed by atoms with van der Waals surface area (Å²) < 4.78 is 1.92. The monoisotopic (exact) mass is 190 g/mol. The Labute approximate surface area is 83.5 Å². The molecule has 0 spiro atoms. The van der Waals surface area contributed by atoms with Crippen LogP contribution in [0.5, 0.6) is 0 Å². The van der Waals surface area contributed by atoms with Crippen molar-refractivity contribution < 1.29 is 0 Å². The van der Waals surface area contributed by atoms with Crippen LogP contribution in [-0.2, 0) is 6.42 Å². The standard InChI is InChI=1S/C10H14N4/c1-2-8-5-10(6-8)14-7-9(3-4-11)12-13-14/h1,7-8,10H,3-6,11H2. The second-order valence-corrected chi connectivity index (χ2v) is 3.72. The molecule has 1 aliphatic rings. The first kappa shape index (κ1) is 9.22. The van der Waals surface area contributed by atoms with Crippen LogP contribution in [0.3, 0.4) is 0 Å². The lowest BCUT2D eigenvalue weighted by atomic mass is 9.81. The van der Waals surface area contributed by atoms with Crippen molar-refractivity contribution in [2.24, 2.45) is 11.7 Å². The number of hydrogen-bond donors (Lipinski definition) is 1. The van der Waals surface area contributed by atoms with E-state index in [9.17, 15) is 0 Å². The van der Waals surface area contributed by atoms with Crippen molar-refractivity contribution in [2.75, 3.05) is 6.54 Å². The Kier molecular flexibility index (Phi) is 2.51. The van der Waals surface area contributed by atoms with Crippen molar-refractivity contribution in [1.29, 1.82) is 0 Å². The number of rotatable bonds is 3. The second-order valence-electron chi connectivity index (χ2n) is 3.72. The van der Waals surface area contributed by atoms with Crippen molar-refractivity contribution in [1.82, 2.24) is 15.0 Å². The molecule has 2 rings (SSSR count). The number of hydrogen-bond acceptors (Lipinski definition) is 3. The van der Waals surface area contributed by atoms with E-state index in [0.717, 1.165) is 25.0 Å². The SMILES string of the molecule is C#CC1CC(n2cc(CCN)nn2)C1. The minimum Gasteiger partial charge on any atom is -0.330 e. The molecule has 0 aliphatic heterocycles. The molecule has 4 heteroatoms. The fourth-order valence-electron chi connectivity index (χ4n) is 1.69. The molecule has 0 unspecified atom stereocenters. The molecule has 0 bridgehead atoms. The lowest BCUT2D eigenvalue weighted by Crippen LogP contribution is -2.26. The predicted octanol–water partition coefficient (Wildman–Crippen LogP) is 0.364. The van der Waals surface area contributed by atoms with E-state index in [1.54, 1.807) is 0 Å². The van der Waals surface area contributed by atoms with Gasteiger partial charge >= 0.3 is 0 Å². The Morgan fingerprint density at radius 3 is 3.07 bits per heavy atom. The largest absolute Gasteiger partial charge is 0.330 e. The fourth-order valence-corrected chi connectivity index (χ4v) is 1.69. The second kappa shape index (κ2) is 3.81. The molecule has 1 heterocycles. The molecule has 1 fully saturated rings. The van der Waals surface area contributed by atoms with E-state index in [2.05, 4.69) is 16.2 Å². The normalized spacial score (nSPS) is 25.4. The van der Waals surface area contributed by atoms with E-state index >= 15 is 0 Å². The van der Waals surface area contributed by atoms with E-state index < -0.39 is 0 Å². The Morgan fingerprint density at radius 2 is 2.43 bits per heavy atom. The molecule has 1 aromatic rings. The Bertz CT molecular complexity index is 343. The van der Waals surface area contributed by atoms with Gasteiger partial charge in [0.05, 0.1) is 11.7 Å². The molecule has 14 heavy (non-hydrogen) atoms. The number of aromatic nitrogens is 3. The third-order valence-corrected chi connectivity index (χ3v) is 2.68. The Balaban J connectivity index is 1.95. The van der Waals surface area contributed by atoms with E-state index in [0.29, 0.717) is 18.5 Å². The summed E-state index contributed by atoms with van der Waals surface area (Å²) in [5, 5.41) is 8.11. The van der Waals surface area contributed by atoms with E-state index in [1.165, 1.54) is 0 Å². The topological polar surface area (TPSA) is 56.7 Å². The summed E-state index contributed by atoms with van der Waals surface area (Å²) in [6.45, 7) is 0.621. The minimum atomic E-state index is 0.433. The molecule has 0 saturated heterocycles. The fraction of sp³-hybridized carbons (Fsp3) is 0.600. The third kappa shape index (κ3) is 1.64. The lowest BCUT2D eigenvalue weighted by Gasteiger charge is -2.31. The average Bonchev–Trinajstić information content (AvgIpc) is 2.52. The van der Waals surface area contributed by atoms with Crippen LogP contribution in [0, 0.1) is 18.3 Å². The van der Waals surface area contributed by atoms with Crippen molar-refractivity contribution in [3.05, 3.63) is 11.9 Å². The van der Waals surface area contributed by atoms with Crippen LogP contribution in [0.2, 0.25) is 0 Å². The molecule has 0 radical (unpaired) electrons. The summed E-state index contributed by atoms with van der Waals surface area (Å²) in [6.07, 6.45) is 10.1. The highest BCUT2D eigenvalue weighted by atomic mass is 15.4. The molecular formula is C10H14N4. The first-order valence-electron chi connectivity index (χ1n) is 4.90. The molecule has 0 atom stereocenters. The number of nitrogens with zero attached hydrogens (tertiary/aromatic N) is 3. The highest BCUT2D eigenvalue weighted by Crippen LogP contribution is 2.36.